The molecule has 1 nitrogen and oxygen atoms in total. The molecular formula is C18H17FOS. The molecule has 2 aliphatic heterocycles. The third-order valence-corrected chi connectivity index (χ3v) is 6.42. The van der Waals surface area contributed by atoms with Crippen LogP contribution in [0.5, 0.6) is 0 Å². The average Bonchev–Trinajstić information content (AvgIpc) is 2.85. The summed E-state index contributed by atoms with van der Waals surface area (Å²) in [4.78, 5) is 12.9. The number of ketones is 1. The predicted octanol–water partition coefficient (Wildman–Crippen LogP) is 4.84. The summed E-state index contributed by atoms with van der Waals surface area (Å²) in [5.74, 6) is 0.0856. The van der Waals surface area contributed by atoms with Gasteiger partial charge in [0.25, 0.3) is 0 Å². The summed E-state index contributed by atoms with van der Waals surface area (Å²) in [6, 6.07) is 10.4. The second-order valence-electron chi connectivity index (χ2n) is 6.13. The number of thioether (sulfide) groups is 1. The summed E-state index contributed by atoms with van der Waals surface area (Å²) in [5.41, 5.74) is 0.698. The molecule has 4 rings (SSSR count). The van der Waals surface area contributed by atoms with E-state index in [2.05, 4.69) is 11.8 Å². The maximum Gasteiger partial charge on any atom is 0.166 e. The number of rotatable bonds is 2. The topological polar surface area (TPSA) is 17.1 Å². The highest BCUT2D eigenvalue weighted by atomic mass is 32.2. The molecule has 0 radical (unpaired) electrons. The second-order valence-corrected chi connectivity index (χ2v) is 7.74. The highest BCUT2D eigenvalue weighted by Crippen LogP contribution is 2.46. The van der Waals surface area contributed by atoms with E-state index in [-0.39, 0.29) is 17.5 Å². The van der Waals surface area contributed by atoms with Crippen LogP contribution in [0.25, 0.3) is 10.8 Å². The minimum absolute atomic E-state index is 0.123. The van der Waals surface area contributed by atoms with Gasteiger partial charge < -0.3 is 0 Å². The van der Waals surface area contributed by atoms with E-state index in [0.717, 1.165) is 18.2 Å². The third-order valence-electron chi connectivity index (χ3n) is 4.80. The van der Waals surface area contributed by atoms with Crippen LogP contribution >= 0.6 is 11.8 Å². The van der Waals surface area contributed by atoms with Crippen molar-refractivity contribution in [3.63, 3.8) is 0 Å². The summed E-state index contributed by atoms with van der Waals surface area (Å²) in [6.07, 6.45) is 4.49. The van der Waals surface area contributed by atoms with Crippen LogP contribution < -0.4 is 0 Å². The summed E-state index contributed by atoms with van der Waals surface area (Å²) in [5, 5.41) is 2.62. The lowest BCUT2D eigenvalue weighted by Gasteiger charge is -2.26. The Labute approximate surface area is 127 Å². The number of carbonyl (C=O) groups is 1. The molecule has 0 aliphatic carbocycles. The number of benzene rings is 2. The molecule has 2 aromatic carbocycles. The van der Waals surface area contributed by atoms with Gasteiger partial charge in [-0.1, -0.05) is 24.3 Å². The summed E-state index contributed by atoms with van der Waals surface area (Å²) in [6.45, 7) is 0. The molecule has 0 aromatic heterocycles. The zero-order valence-corrected chi connectivity index (χ0v) is 12.5. The van der Waals surface area contributed by atoms with E-state index in [1.54, 1.807) is 12.1 Å². The first-order chi connectivity index (χ1) is 10.2. The lowest BCUT2D eigenvalue weighted by molar-refractivity contribution is 0.0908. The maximum absolute atomic E-state index is 13.9. The fourth-order valence-electron chi connectivity index (χ4n) is 3.77. The quantitative estimate of drug-likeness (QED) is 0.738. The summed E-state index contributed by atoms with van der Waals surface area (Å²) >= 11 is 2.06. The van der Waals surface area contributed by atoms with Crippen molar-refractivity contribution in [3.05, 3.63) is 47.8 Å². The molecule has 0 spiro atoms. The lowest BCUT2D eigenvalue weighted by atomic mass is 9.88. The Morgan fingerprint density at radius 1 is 1.00 bits per heavy atom. The summed E-state index contributed by atoms with van der Waals surface area (Å²) < 4.78 is 13.9. The molecule has 0 saturated carbocycles. The zero-order chi connectivity index (χ0) is 14.4. The Bertz CT molecular complexity index is 699. The Hall–Kier alpha value is -1.35. The Morgan fingerprint density at radius 3 is 2.38 bits per heavy atom. The fourth-order valence-corrected chi connectivity index (χ4v) is 5.54. The SMILES string of the molecule is O=C(c1ccc(F)c2ccccc12)C1CC2CCC(C1)S2. The number of carbonyl (C=O) groups excluding carboxylic acids is 1. The molecule has 2 saturated heterocycles. The van der Waals surface area contributed by atoms with Crippen LogP contribution in [0, 0.1) is 11.7 Å². The Kier molecular flexibility index (Phi) is 3.26. The first-order valence-electron chi connectivity index (χ1n) is 7.59. The van der Waals surface area contributed by atoms with E-state index in [9.17, 15) is 9.18 Å². The van der Waals surface area contributed by atoms with Gasteiger partial charge in [0.2, 0.25) is 0 Å². The lowest BCUT2D eigenvalue weighted by Crippen LogP contribution is -2.25. The fraction of sp³-hybridized carbons (Fsp3) is 0.389. The molecule has 2 heterocycles. The smallest absolute Gasteiger partial charge is 0.166 e. The van der Waals surface area contributed by atoms with Gasteiger partial charge in [0.05, 0.1) is 0 Å². The second kappa shape index (κ2) is 5.13. The van der Waals surface area contributed by atoms with Crippen molar-refractivity contribution in [1.29, 1.82) is 0 Å². The van der Waals surface area contributed by atoms with Crippen LogP contribution in [0.2, 0.25) is 0 Å². The van der Waals surface area contributed by atoms with Gasteiger partial charge >= 0.3 is 0 Å². The van der Waals surface area contributed by atoms with E-state index < -0.39 is 0 Å². The molecule has 2 atom stereocenters. The molecule has 2 aliphatic rings. The number of fused-ring (bicyclic) bond motifs is 3. The number of hydrogen-bond donors (Lipinski definition) is 0. The number of hydrogen-bond acceptors (Lipinski definition) is 2. The van der Waals surface area contributed by atoms with Crippen molar-refractivity contribution >= 4 is 28.3 Å². The van der Waals surface area contributed by atoms with Crippen molar-refractivity contribution in [3.8, 4) is 0 Å². The Morgan fingerprint density at radius 2 is 1.67 bits per heavy atom. The minimum Gasteiger partial charge on any atom is -0.294 e. The van der Waals surface area contributed by atoms with Gasteiger partial charge in [-0.15, -0.1) is 0 Å². The summed E-state index contributed by atoms with van der Waals surface area (Å²) in [7, 11) is 0. The molecule has 0 amide bonds. The molecule has 21 heavy (non-hydrogen) atoms. The molecule has 0 N–H and O–H groups in total. The van der Waals surface area contributed by atoms with Gasteiger partial charge in [0.15, 0.2) is 5.78 Å². The third kappa shape index (κ3) is 2.28. The monoisotopic (exact) mass is 300 g/mol. The van der Waals surface area contributed by atoms with E-state index in [0.29, 0.717) is 21.4 Å². The van der Waals surface area contributed by atoms with E-state index >= 15 is 0 Å². The van der Waals surface area contributed by atoms with Crippen LogP contribution in [0.1, 0.15) is 36.0 Å². The van der Waals surface area contributed by atoms with Crippen LogP contribution in [0.15, 0.2) is 36.4 Å². The molecule has 3 heteroatoms. The van der Waals surface area contributed by atoms with E-state index in [1.807, 2.05) is 18.2 Å². The van der Waals surface area contributed by atoms with Crippen LogP contribution in [0.3, 0.4) is 0 Å². The molecule has 2 bridgehead atoms. The van der Waals surface area contributed by atoms with Crippen molar-refractivity contribution in [1.82, 2.24) is 0 Å². The van der Waals surface area contributed by atoms with Gasteiger partial charge in [-0.25, -0.2) is 4.39 Å². The van der Waals surface area contributed by atoms with Gasteiger partial charge in [-0.3, -0.25) is 4.79 Å². The number of Topliss-reactive ketones (excluding diaryl/α,β-unsaturated/α-hetero) is 1. The first kappa shape index (κ1) is 13.3. The van der Waals surface area contributed by atoms with Crippen molar-refractivity contribution in [2.24, 2.45) is 5.92 Å². The van der Waals surface area contributed by atoms with Crippen LogP contribution in [-0.4, -0.2) is 16.3 Å². The molecular weight excluding hydrogens is 283 g/mol. The molecule has 2 unspecified atom stereocenters. The van der Waals surface area contributed by atoms with Gasteiger partial charge in [-0.2, -0.15) is 11.8 Å². The normalized spacial score (nSPS) is 28.0. The molecule has 2 fully saturated rings. The van der Waals surface area contributed by atoms with Crippen molar-refractivity contribution in [2.75, 3.05) is 0 Å². The average molecular weight is 300 g/mol. The number of halogens is 1. The van der Waals surface area contributed by atoms with Gasteiger partial charge in [0, 0.05) is 27.4 Å². The Balaban J connectivity index is 1.73. The molecule has 2 aromatic rings. The molecule has 108 valence electrons. The van der Waals surface area contributed by atoms with Gasteiger partial charge in [0.1, 0.15) is 5.82 Å². The van der Waals surface area contributed by atoms with Crippen molar-refractivity contribution < 1.29 is 9.18 Å². The highest BCUT2D eigenvalue weighted by Gasteiger charge is 2.38. The largest absolute Gasteiger partial charge is 0.294 e. The van der Waals surface area contributed by atoms with E-state index in [4.69, 9.17) is 0 Å². The standard InChI is InChI=1S/C18H17FOS/c19-17-8-7-16(14-3-1-2-4-15(14)17)18(20)11-9-12-5-6-13(10-11)21-12/h1-4,7-8,11-13H,5-6,9-10H2. The van der Waals surface area contributed by atoms with Crippen molar-refractivity contribution in [2.45, 2.75) is 36.2 Å². The van der Waals surface area contributed by atoms with Gasteiger partial charge in [-0.05, 0) is 43.2 Å². The first-order valence-corrected chi connectivity index (χ1v) is 8.53. The van der Waals surface area contributed by atoms with E-state index in [1.165, 1.54) is 18.9 Å². The highest BCUT2D eigenvalue weighted by molar-refractivity contribution is 8.00. The zero-order valence-electron chi connectivity index (χ0n) is 11.7. The predicted molar refractivity (Wildman–Crippen MR) is 85.4 cm³/mol. The van der Waals surface area contributed by atoms with Crippen LogP contribution in [-0.2, 0) is 0 Å². The minimum atomic E-state index is -0.249. The van der Waals surface area contributed by atoms with Crippen LogP contribution in [0.4, 0.5) is 4.39 Å². The maximum atomic E-state index is 13.9.